The predicted molar refractivity (Wildman–Crippen MR) is 85.4 cm³/mol. The number of rotatable bonds is 7. The van der Waals surface area contributed by atoms with Crippen molar-refractivity contribution in [1.82, 2.24) is 4.90 Å². The number of carbonyl (C=O) groups is 2. The molecule has 1 unspecified atom stereocenters. The summed E-state index contributed by atoms with van der Waals surface area (Å²) in [4.78, 5) is 24.9. The molecule has 1 aromatic carbocycles. The number of hydrogen-bond donors (Lipinski definition) is 0. The van der Waals surface area contributed by atoms with Crippen LogP contribution in [0.5, 0.6) is 5.75 Å². The average molecular weight is 348 g/mol. The summed E-state index contributed by atoms with van der Waals surface area (Å²) in [6, 6.07) is 4.78. The standard InChI is InChI=1S/C15H19Cl2NO4/c1-4-21-14(19)7-8-18(3)15(20)10(2)22-13-6-5-11(16)9-12(13)17/h5-6,9-10H,4,7-8H2,1-3H3. The molecule has 122 valence electrons. The molecule has 0 aliphatic carbocycles. The average Bonchev–Trinajstić information content (AvgIpc) is 2.47. The van der Waals surface area contributed by atoms with Gasteiger partial charge in [0.15, 0.2) is 6.10 Å². The Labute approximate surface area is 140 Å². The molecular formula is C15H19Cl2NO4. The molecule has 0 fully saturated rings. The molecule has 0 radical (unpaired) electrons. The lowest BCUT2D eigenvalue weighted by Gasteiger charge is -2.22. The van der Waals surface area contributed by atoms with E-state index in [4.69, 9.17) is 32.7 Å². The van der Waals surface area contributed by atoms with Gasteiger partial charge < -0.3 is 14.4 Å². The van der Waals surface area contributed by atoms with Crippen molar-refractivity contribution < 1.29 is 19.1 Å². The SMILES string of the molecule is CCOC(=O)CCN(C)C(=O)C(C)Oc1ccc(Cl)cc1Cl. The normalized spacial score (nSPS) is 11.7. The fourth-order valence-corrected chi connectivity index (χ4v) is 2.18. The highest BCUT2D eigenvalue weighted by Gasteiger charge is 2.20. The van der Waals surface area contributed by atoms with E-state index in [2.05, 4.69) is 0 Å². The molecule has 0 heterocycles. The van der Waals surface area contributed by atoms with Crippen LogP contribution in [-0.2, 0) is 14.3 Å². The van der Waals surface area contributed by atoms with Crippen molar-refractivity contribution in [2.24, 2.45) is 0 Å². The largest absolute Gasteiger partial charge is 0.479 e. The highest BCUT2D eigenvalue weighted by molar-refractivity contribution is 6.35. The van der Waals surface area contributed by atoms with Gasteiger partial charge in [-0.2, -0.15) is 0 Å². The van der Waals surface area contributed by atoms with Crippen LogP contribution in [0.3, 0.4) is 0 Å². The number of halogens is 2. The van der Waals surface area contributed by atoms with Crippen molar-refractivity contribution in [3.8, 4) is 5.75 Å². The number of carbonyl (C=O) groups excluding carboxylic acids is 2. The predicted octanol–water partition coefficient (Wildman–Crippen LogP) is 3.17. The second kappa shape index (κ2) is 8.86. The summed E-state index contributed by atoms with van der Waals surface area (Å²) in [5.41, 5.74) is 0. The number of esters is 1. The van der Waals surface area contributed by atoms with E-state index >= 15 is 0 Å². The van der Waals surface area contributed by atoms with Crippen molar-refractivity contribution in [3.05, 3.63) is 28.2 Å². The molecule has 0 N–H and O–H groups in total. The zero-order chi connectivity index (χ0) is 16.7. The van der Waals surface area contributed by atoms with Gasteiger partial charge in [0.1, 0.15) is 5.75 Å². The van der Waals surface area contributed by atoms with Gasteiger partial charge in [0.25, 0.3) is 5.91 Å². The Kier molecular flexibility index (Phi) is 7.48. The summed E-state index contributed by atoms with van der Waals surface area (Å²) in [6.45, 7) is 3.94. The Balaban J connectivity index is 2.55. The molecule has 7 heteroatoms. The summed E-state index contributed by atoms with van der Waals surface area (Å²) in [7, 11) is 1.60. The molecule has 0 bridgehead atoms. The smallest absolute Gasteiger partial charge is 0.307 e. The highest BCUT2D eigenvalue weighted by Crippen LogP contribution is 2.28. The van der Waals surface area contributed by atoms with Crippen LogP contribution >= 0.6 is 23.2 Å². The van der Waals surface area contributed by atoms with Gasteiger partial charge in [0.2, 0.25) is 0 Å². The maximum absolute atomic E-state index is 12.2. The molecule has 0 aliphatic rings. The summed E-state index contributed by atoms with van der Waals surface area (Å²) in [5, 5.41) is 0.823. The van der Waals surface area contributed by atoms with Crippen molar-refractivity contribution in [1.29, 1.82) is 0 Å². The van der Waals surface area contributed by atoms with Gasteiger partial charge in [0.05, 0.1) is 18.1 Å². The third-order valence-electron chi connectivity index (χ3n) is 2.88. The van der Waals surface area contributed by atoms with Crippen LogP contribution in [0, 0.1) is 0 Å². The molecule has 0 saturated carbocycles. The maximum atomic E-state index is 12.2. The van der Waals surface area contributed by atoms with Crippen LogP contribution < -0.4 is 4.74 Å². The Morgan fingerprint density at radius 3 is 2.59 bits per heavy atom. The quantitative estimate of drug-likeness (QED) is 0.711. The fourth-order valence-electron chi connectivity index (χ4n) is 1.72. The van der Waals surface area contributed by atoms with Crippen LogP contribution in [0.25, 0.3) is 0 Å². The minimum atomic E-state index is -0.731. The first-order chi connectivity index (χ1) is 10.3. The zero-order valence-electron chi connectivity index (χ0n) is 12.8. The van der Waals surface area contributed by atoms with E-state index in [1.165, 1.54) is 4.90 Å². The minimum Gasteiger partial charge on any atom is -0.479 e. The van der Waals surface area contributed by atoms with Crippen molar-refractivity contribution in [2.45, 2.75) is 26.4 Å². The van der Waals surface area contributed by atoms with Gasteiger partial charge in [-0.1, -0.05) is 23.2 Å². The topological polar surface area (TPSA) is 55.8 Å². The van der Waals surface area contributed by atoms with E-state index in [1.807, 2.05) is 0 Å². The summed E-state index contributed by atoms with van der Waals surface area (Å²) < 4.78 is 10.4. The van der Waals surface area contributed by atoms with E-state index in [0.717, 1.165) is 0 Å². The molecule has 22 heavy (non-hydrogen) atoms. The second-order valence-electron chi connectivity index (χ2n) is 4.65. The molecule has 5 nitrogen and oxygen atoms in total. The number of hydrogen-bond acceptors (Lipinski definition) is 4. The molecule has 1 aromatic rings. The van der Waals surface area contributed by atoms with Crippen LogP contribution in [0.1, 0.15) is 20.3 Å². The monoisotopic (exact) mass is 347 g/mol. The van der Waals surface area contributed by atoms with E-state index in [0.29, 0.717) is 22.4 Å². The van der Waals surface area contributed by atoms with Crippen LogP contribution in [0.15, 0.2) is 18.2 Å². The molecule has 1 amide bonds. The van der Waals surface area contributed by atoms with E-state index in [-0.39, 0.29) is 24.8 Å². The maximum Gasteiger partial charge on any atom is 0.307 e. The van der Waals surface area contributed by atoms with Gasteiger partial charge in [-0.3, -0.25) is 9.59 Å². The summed E-state index contributed by atoms with van der Waals surface area (Å²) >= 11 is 11.8. The molecule has 0 saturated heterocycles. The molecule has 0 aliphatic heterocycles. The molecular weight excluding hydrogens is 329 g/mol. The first-order valence-corrected chi connectivity index (χ1v) is 7.63. The number of nitrogens with zero attached hydrogens (tertiary/aromatic N) is 1. The van der Waals surface area contributed by atoms with Gasteiger partial charge in [0, 0.05) is 18.6 Å². The fraction of sp³-hybridized carbons (Fsp3) is 0.467. The molecule has 0 spiro atoms. The van der Waals surface area contributed by atoms with E-state index in [9.17, 15) is 9.59 Å². The molecule has 1 atom stereocenters. The lowest BCUT2D eigenvalue weighted by atomic mass is 10.3. The number of ether oxygens (including phenoxy) is 2. The van der Waals surface area contributed by atoms with Gasteiger partial charge in [-0.25, -0.2) is 0 Å². The third-order valence-corrected chi connectivity index (χ3v) is 3.41. The second-order valence-corrected chi connectivity index (χ2v) is 5.49. The van der Waals surface area contributed by atoms with Gasteiger partial charge in [-0.15, -0.1) is 0 Å². The van der Waals surface area contributed by atoms with E-state index < -0.39 is 6.10 Å². The van der Waals surface area contributed by atoms with Crippen molar-refractivity contribution in [3.63, 3.8) is 0 Å². The zero-order valence-corrected chi connectivity index (χ0v) is 14.3. The van der Waals surface area contributed by atoms with Crippen molar-refractivity contribution in [2.75, 3.05) is 20.2 Å². The summed E-state index contributed by atoms with van der Waals surface area (Å²) in [6.07, 6.45) is -0.587. The number of likely N-dealkylation sites (N-methyl/N-ethyl adjacent to an activating group) is 1. The van der Waals surface area contributed by atoms with E-state index in [1.54, 1.807) is 39.1 Å². The Hall–Kier alpha value is -1.46. The number of benzene rings is 1. The first kappa shape index (κ1) is 18.6. The Bertz CT molecular complexity index is 536. The lowest BCUT2D eigenvalue weighted by molar-refractivity contribution is -0.144. The Morgan fingerprint density at radius 1 is 1.32 bits per heavy atom. The van der Waals surface area contributed by atoms with Gasteiger partial charge >= 0.3 is 5.97 Å². The number of amides is 1. The molecule has 1 rings (SSSR count). The third kappa shape index (κ3) is 5.73. The van der Waals surface area contributed by atoms with Crippen LogP contribution in [0.4, 0.5) is 0 Å². The van der Waals surface area contributed by atoms with Crippen LogP contribution in [-0.4, -0.2) is 43.1 Å². The first-order valence-electron chi connectivity index (χ1n) is 6.87. The van der Waals surface area contributed by atoms with Gasteiger partial charge in [-0.05, 0) is 32.0 Å². The Morgan fingerprint density at radius 2 is 2.00 bits per heavy atom. The summed E-state index contributed by atoms with van der Waals surface area (Å²) in [5.74, 6) is -0.211. The highest BCUT2D eigenvalue weighted by atomic mass is 35.5. The lowest BCUT2D eigenvalue weighted by Crippen LogP contribution is -2.39. The minimum absolute atomic E-state index is 0.143. The molecule has 0 aromatic heterocycles. The van der Waals surface area contributed by atoms with Crippen molar-refractivity contribution >= 4 is 35.1 Å². The van der Waals surface area contributed by atoms with Crippen LogP contribution in [0.2, 0.25) is 10.0 Å².